The molecule has 1 saturated carbocycles. The number of hydrogen-bond acceptors (Lipinski definition) is 4. The van der Waals surface area contributed by atoms with Gasteiger partial charge in [-0.3, -0.25) is 10.1 Å². The Morgan fingerprint density at radius 1 is 1.57 bits per heavy atom. The molecule has 0 radical (unpaired) electrons. The Kier molecular flexibility index (Phi) is 2.79. The van der Waals surface area contributed by atoms with Gasteiger partial charge in [-0.25, -0.2) is 0 Å². The minimum atomic E-state index is -0.336. The summed E-state index contributed by atoms with van der Waals surface area (Å²) < 4.78 is 0. The van der Waals surface area contributed by atoms with Crippen molar-refractivity contribution in [3.8, 4) is 0 Å². The van der Waals surface area contributed by atoms with E-state index in [-0.39, 0.29) is 9.92 Å². The lowest BCUT2D eigenvalue weighted by Crippen LogP contribution is -2.34. The number of nitro groups is 1. The van der Waals surface area contributed by atoms with Crippen LogP contribution < -0.4 is 5.32 Å². The molecule has 1 aromatic heterocycles. The van der Waals surface area contributed by atoms with Gasteiger partial charge in [0.25, 0.3) is 0 Å². The molecule has 14 heavy (non-hydrogen) atoms. The third-order valence-electron chi connectivity index (χ3n) is 2.50. The fraction of sp³-hybridized carbons (Fsp3) is 0.556. The van der Waals surface area contributed by atoms with Crippen molar-refractivity contribution >= 4 is 16.3 Å². The van der Waals surface area contributed by atoms with Crippen molar-refractivity contribution in [2.75, 3.05) is 0 Å². The van der Waals surface area contributed by atoms with Gasteiger partial charge in [-0.05, 0) is 18.9 Å². The molecule has 1 heterocycles. The van der Waals surface area contributed by atoms with E-state index in [1.165, 1.54) is 30.6 Å². The molecule has 0 aromatic carbocycles. The Labute approximate surface area is 86.1 Å². The van der Waals surface area contributed by atoms with Crippen LogP contribution in [0.3, 0.4) is 0 Å². The van der Waals surface area contributed by atoms with E-state index >= 15 is 0 Å². The van der Waals surface area contributed by atoms with E-state index < -0.39 is 0 Å². The average Bonchev–Trinajstić information content (AvgIpc) is 2.50. The van der Waals surface area contributed by atoms with E-state index in [1.807, 2.05) is 6.07 Å². The Hall–Kier alpha value is -0.940. The van der Waals surface area contributed by atoms with E-state index in [0.29, 0.717) is 6.04 Å². The summed E-state index contributed by atoms with van der Waals surface area (Å²) in [4.78, 5) is 11.1. The van der Waals surface area contributed by atoms with Crippen LogP contribution in [0.15, 0.2) is 12.1 Å². The molecule has 0 saturated heterocycles. The second kappa shape index (κ2) is 4.06. The number of rotatable bonds is 4. The first-order chi connectivity index (χ1) is 6.75. The molecule has 1 fully saturated rings. The normalized spacial score (nSPS) is 16.6. The van der Waals surface area contributed by atoms with Crippen LogP contribution in [0.4, 0.5) is 5.00 Å². The van der Waals surface area contributed by atoms with E-state index in [9.17, 15) is 10.1 Å². The molecule has 0 amide bonds. The Morgan fingerprint density at radius 2 is 2.36 bits per heavy atom. The predicted octanol–water partition coefficient (Wildman–Crippen LogP) is 2.30. The minimum absolute atomic E-state index is 0.232. The van der Waals surface area contributed by atoms with Gasteiger partial charge >= 0.3 is 5.00 Å². The second-order valence-corrected chi connectivity index (χ2v) is 4.65. The molecule has 0 spiro atoms. The summed E-state index contributed by atoms with van der Waals surface area (Å²) in [6, 6.07) is 4.04. The molecule has 2 rings (SSSR count). The molecule has 0 bridgehead atoms. The van der Waals surface area contributed by atoms with Crippen LogP contribution in [-0.2, 0) is 6.54 Å². The summed E-state index contributed by atoms with van der Waals surface area (Å²) in [5, 5.41) is 14.0. The summed E-state index contributed by atoms with van der Waals surface area (Å²) >= 11 is 1.26. The quantitative estimate of drug-likeness (QED) is 0.615. The third kappa shape index (κ3) is 2.10. The third-order valence-corrected chi connectivity index (χ3v) is 3.53. The molecule has 0 unspecified atom stereocenters. The van der Waals surface area contributed by atoms with Gasteiger partial charge in [0.15, 0.2) is 0 Å². The number of nitrogens with one attached hydrogen (secondary N) is 1. The molecule has 1 N–H and O–H groups in total. The summed E-state index contributed by atoms with van der Waals surface area (Å²) in [6.45, 7) is 0.767. The minimum Gasteiger partial charge on any atom is -0.309 e. The largest absolute Gasteiger partial charge is 0.324 e. The van der Waals surface area contributed by atoms with Gasteiger partial charge in [-0.1, -0.05) is 17.8 Å². The number of hydrogen-bond donors (Lipinski definition) is 1. The zero-order chi connectivity index (χ0) is 9.97. The number of thiophene rings is 1. The zero-order valence-corrected chi connectivity index (χ0v) is 8.55. The van der Waals surface area contributed by atoms with Gasteiger partial charge in [0, 0.05) is 23.5 Å². The van der Waals surface area contributed by atoms with Gasteiger partial charge in [0.1, 0.15) is 0 Å². The molecule has 1 aliphatic rings. The SMILES string of the molecule is O=[N+]([O-])c1ccc(CNC2CCC2)s1. The van der Waals surface area contributed by atoms with Crippen molar-refractivity contribution in [2.45, 2.75) is 31.8 Å². The van der Waals surface area contributed by atoms with E-state index in [2.05, 4.69) is 5.32 Å². The van der Waals surface area contributed by atoms with Gasteiger partial charge in [0.05, 0.1) is 4.92 Å². The van der Waals surface area contributed by atoms with Crippen molar-refractivity contribution in [1.29, 1.82) is 0 Å². The predicted molar refractivity (Wildman–Crippen MR) is 55.5 cm³/mol. The van der Waals surface area contributed by atoms with Crippen molar-refractivity contribution in [3.05, 3.63) is 27.1 Å². The highest BCUT2D eigenvalue weighted by molar-refractivity contribution is 7.15. The monoisotopic (exact) mass is 212 g/mol. The molecule has 0 atom stereocenters. The fourth-order valence-electron chi connectivity index (χ4n) is 1.42. The Bertz CT molecular complexity index is 333. The lowest BCUT2D eigenvalue weighted by Gasteiger charge is -2.26. The molecule has 5 heteroatoms. The maximum Gasteiger partial charge on any atom is 0.324 e. The lowest BCUT2D eigenvalue weighted by molar-refractivity contribution is -0.380. The zero-order valence-electron chi connectivity index (χ0n) is 7.73. The fourth-order valence-corrected chi connectivity index (χ4v) is 2.19. The summed E-state index contributed by atoms with van der Waals surface area (Å²) in [7, 11) is 0. The van der Waals surface area contributed by atoms with Crippen LogP contribution >= 0.6 is 11.3 Å². The van der Waals surface area contributed by atoms with E-state index in [1.54, 1.807) is 6.07 Å². The first kappa shape index (κ1) is 9.61. The number of nitrogens with zero attached hydrogens (tertiary/aromatic N) is 1. The highest BCUT2D eigenvalue weighted by Gasteiger charge is 2.17. The van der Waals surface area contributed by atoms with Crippen molar-refractivity contribution in [2.24, 2.45) is 0 Å². The highest BCUT2D eigenvalue weighted by atomic mass is 32.1. The first-order valence-corrected chi connectivity index (χ1v) is 5.54. The highest BCUT2D eigenvalue weighted by Crippen LogP contribution is 2.25. The van der Waals surface area contributed by atoms with Crippen LogP contribution in [0.5, 0.6) is 0 Å². The van der Waals surface area contributed by atoms with Crippen molar-refractivity contribution in [1.82, 2.24) is 5.32 Å². The van der Waals surface area contributed by atoms with E-state index in [4.69, 9.17) is 0 Å². The topological polar surface area (TPSA) is 55.2 Å². The Morgan fingerprint density at radius 3 is 2.86 bits per heavy atom. The van der Waals surface area contributed by atoms with Gasteiger partial charge in [-0.2, -0.15) is 0 Å². The average molecular weight is 212 g/mol. The molecule has 1 aliphatic carbocycles. The maximum atomic E-state index is 10.4. The van der Waals surface area contributed by atoms with E-state index in [0.717, 1.165) is 11.4 Å². The first-order valence-electron chi connectivity index (χ1n) is 4.72. The van der Waals surface area contributed by atoms with Gasteiger partial charge in [-0.15, -0.1) is 0 Å². The molecule has 1 aromatic rings. The summed E-state index contributed by atoms with van der Waals surface area (Å²) in [5.74, 6) is 0. The summed E-state index contributed by atoms with van der Waals surface area (Å²) in [6.07, 6.45) is 3.79. The smallest absolute Gasteiger partial charge is 0.309 e. The van der Waals surface area contributed by atoms with Crippen LogP contribution in [0, 0.1) is 10.1 Å². The van der Waals surface area contributed by atoms with Crippen LogP contribution in [0.25, 0.3) is 0 Å². The maximum absolute atomic E-state index is 10.4. The molecular formula is C9H12N2O2S. The molecular weight excluding hydrogens is 200 g/mol. The lowest BCUT2D eigenvalue weighted by atomic mass is 9.93. The molecule has 76 valence electrons. The van der Waals surface area contributed by atoms with Crippen LogP contribution in [-0.4, -0.2) is 11.0 Å². The van der Waals surface area contributed by atoms with Crippen molar-refractivity contribution in [3.63, 3.8) is 0 Å². The Balaban J connectivity index is 1.86. The molecule has 0 aliphatic heterocycles. The standard InChI is InChI=1S/C9H12N2O2S/c12-11(13)9-5-4-8(14-9)6-10-7-2-1-3-7/h4-5,7,10H,1-3,6H2. The van der Waals surface area contributed by atoms with Gasteiger partial charge < -0.3 is 5.32 Å². The second-order valence-electron chi connectivity index (χ2n) is 3.51. The van der Waals surface area contributed by atoms with Gasteiger partial charge in [0.2, 0.25) is 0 Å². The molecule has 4 nitrogen and oxygen atoms in total. The van der Waals surface area contributed by atoms with Crippen LogP contribution in [0.1, 0.15) is 24.1 Å². The van der Waals surface area contributed by atoms with Crippen LogP contribution in [0.2, 0.25) is 0 Å². The summed E-state index contributed by atoms with van der Waals surface area (Å²) in [5.41, 5.74) is 0. The van der Waals surface area contributed by atoms with Crippen molar-refractivity contribution < 1.29 is 4.92 Å².